The Hall–Kier alpha value is -1.35. The lowest BCUT2D eigenvalue weighted by Gasteiger charge is -2.41. The fourth-order valence-corrected chi connectivity index (χ4v) is 4.88. The summed E-state index contributed by atoms with van der Waals surface area (Å²) in [6, 6.07) is 8.99. The van der Waals surface area contributed by atoms with Gasteiger partial charge in [-0.25, -0.2) is 0 Å². The number of Topliss-reactive ketones (excluding diaryl/α,β-unsaturated/α-hetero) is 1. The highest BCUT2D eigenvalue weighted by Crippen LogP contribution is 2.46. The molecule has 3 fully saturated rings. The van der Waals surface area contributed by atoms with Crippen LogP contribution in [0.15, 0.2) is 24.3 Å². The highest BCUT2D eigenvalue weighted by Gasteiger charge is 2.42. The van der Waals surface area contributed by atoms with Crippen LogP contribution in [0.2, 0.25) is 0 Å². The van der Waals surface area contributed by atoms with E-state index in [-0.39, 0.29) is 5.78 Å². The number of ketones is 1. The highest BCUT2D eigenvalue weighted by atomic mass is 16.1. The van der Waals surface area contributed by atoms with Crippen LogP contribution in [0.3, 0.4) is 0 Å². The van der Waals surface area contributed by atoms with Crippen molar-refractivity contribution in [2.24, 2.45) is 11.8 Å². The molecule has 22 heavy (non-hydrogen) atoms. The van der Waals surface area contributed by atoms with Gasteiger partial charge >= 0.3 is 0 Å². The third kappa shape index (κ3) is 2.56. The van der Waals surface area contributed by atoms with Crippen LogP contribution in [0.25, 0.3) is 0 Å². The van der Waals surface area contributed by atoms with Gasteiger partial charge in [0, 0.05) is 43.5 Å². The van der Waals surface area contributed by atoms with Crippen LogP contribution in [-0.2, 0) is 0 Å². The Bertz CT molecular complexity index is 545. The minimum absolute atomic E-state index is 0.146. The molecule has 2 aliphatic carbocycles. The van der Waals surface area contributed by atoms with Gasteiger partial charge in [-0.1, -0.05) is 6.42 Å². The van der Waals surface area contributed by atoms with E-state index in [0.717, 1.165) is 36.5 Å². The van der Waals surface area contributed by atoms with Gasteiger partial charge in [-0.3, -0.25) is 9.69 Å². The van der Waals surface area contributed by atoms with Gasteiger partial charge in [-0.2, -0.15) is 0 Å². The van der Waals surface area contributed by atoms with Gasteiger partial charge < -0.3 is 4.90 Å². The number of hydrogen-bond acceptors (Lipinski definition) is 3. The van der Waals surface area contributed by atoms with Crippen molar-refractivity contribution in [3.63, 3.8) is 0 Å². The summed E-state index contributed by atoms with van der Waals surface area (Å²) < 4.78 is 0. The molecule has 1 heterocycles. The van der Waals surface area contributed by atoms with Crippen LogP contribution in [0, 0.1) is 11.8 Å². The van der Waals surface area contributed by atoms with E-state index in [0.29, 0.717) is 0 Å². The summed E-state index contributed by atoms with van der Waals surface area (Å²) in [5.41, 5.74) is 2.07. The first kappa shape index (κ1) is 14.3. The van der Waals surface area contributed by atoms with E-state index in [2.05, 4.69) is 21.9 Å². The van der Waals surface area contributed by atoms with Crippen molar-refractivity contribution in [2.75, 3.05) is 31.1 Å². The van der Waals surface area contributed by atoms with Gasteiger partial charge in [0.05, 0.1) is 0 Å². The summed E-state index contributed by atoms with van der Waals surface area (Å²) in [5.74, 6) is 2.17. The van der Waals surface area contributed by atoms with E-state index < -0.39 is 0 Å². The third-order valence-electron chi connectivity index (χ3n) is 6.12. The van der Waals surface area contributed by atoms with Crippen molar-refractivity contribution in [3.8, 4) is 0 Å². The first-order valence-electron chi connectivity index (χ1n) is 8.81. The molecular weight excluding hydrogens is 272 g/mol. The fourth-order valence-electron chi connectivity index (χ4n) is 4.88. The number of nitrogens with zero attached hydrogens (tertiary/aromatic N) is 2. The lowest BCUT2D eigenvalue weighted by Crippen LogP contribution is -2.51. The maximum absolute atomic E-state index is 11.4. The Morgan fingerprint density at radius 1 is 1.00 bits per heavy atom. The maximum Gasteiger partial charge on any atom is 0.159 e. The van der Waals surface area contributed by atoms with Crippen LogP contribution in [0.4, 0.5) is 5.69 Å². The number of piperazine rings is 1. The summed E-state index contributed by atoms with van der Waals surface area (Å²) in [7, 11) is 0. The first-order valence-corrected chi connectivity index (χ1v) is 8.81. The molecular formula is C19H26N2O. The fraction of sp³-hybridized carbons (Fsp3) is 0.632. The molecule has 0 N–H and O–H groups in total. The molecule has 0 amide bonds. The molecule has 2 bridgehead atoms. The predicted molar refractivity (Wildman–Crippen MR) is 89.5 cm³/mol. The molecule has 0 radical (unpaired) electrons. The Balaban J connectivity index is 1.36. The number of benzene rings is 1. The standard InChI is InChI=1S/C19H26N2O/c1-14(22)16-4-6-18(7-5-16)20-8-10-21(11-9-20)19-13-15-2-3-17(19)12-15/h4-7,15,17,19H,2-3,8-13H2,1H3/t15-,17-,19+/m1/s1. The van der Waals surface area contributed by atoms with Gasteiger partial charge in [-0.05, 0) is 62.3 Å². The van der Waals surface area contributed by atoms with Crippen molar-refractivity contribution >= 4 is 11.5 Å². The molecule has 0 spiro atoms. The summed E-state index contributed by atoms with van der Waals surface area (Å²) in [5, 5.41) is 0. The Morgan fingerprint density at radius 2 is 1.73 bits per heavy atom. The van der Waals surface area contributed by atoms with Gasteiger partial charge in [0.15, 0.2) is 5.78 Å². The number of carbonyl (C=O) groups excluding carboxylic acids is 1. The maximum atomic E-state index is 11.4. The summed E-state index contributed by atoms with van der Waals surface area (Å²) >= 11 is 0. The second-order valence-electron chi connectivity index (χ2n) is 7.37. The number of fused-ring (bicyclic) bond motifs is 2. The Kier molecular flexibility index (Phi) is 3.69. The molecule has 0 unspecified atom stereocenters. The van der Waals surface area contributed by atoms with Crippen molar-refractivity contribution in [3.05, 3.63) is 29.8 Å². The highest BCUT2D eigenvalue weighted by molar-refractivity contribution is 5.94. The van der Waals surface area contributed by atoms with E-state index in [1.54, 1.807) is 6.92 Å². The van der Waals surface area contributed by atoms with Crippen LogP contribution in [0.5, 0.6) is 0 Å². The lowest BCUT2D eigenvalue weighted by molar-refractivity contribution is 0.101. The summed E-state index contributed by atoms with van der Waals surface area (Å²) in [4.78, 5) is 16.6. The lowest BCUT2D eigenvalue weighted by atomic mass is 9.93. The largest absolute Gasteiger partial charge is 0.369 e. The van der Waals surface area contributed by atoms with Gasteiger partial charge in [-0.15, -0.1) is 0 Å². The molecule has 0 aromatic heterocycles. The quantitative estimate of drug-likeness (QED) is 0.801. The monoisotopic (exact) mass is 298 g/mol. The molecule has 118 valence electrons. The summed E-state index contributed by atoms with van der Waals surface area (Å²) in [6.07, 6.45) is 5.92. The molecule has 1 aromatic carbocycles. The van der Waals surface area contributed by atoms with E-state index in [1.165, 1.54) is 44.5 Å². The molecule has 3 aliphatic rings. The van der Waals surface area contributed by atoms with Gasteiger partial charge in [0.1, 0.15) is 0 Å². The van der Waals surface area contributed by atoms with Crippen molar-refractivity contribution < 1.29 is 4.79 Å². The van der Waals surface area contributed by atoms with E-state index >= 15 is 0 Å². The van der Waals surface area contributed by atoms with Crippen LogP contribution >= 0.6 is 0 Å². The van der Waals surface area contributed by atoms with Crippen molar-refractivity contribution in [1.29, 1.82) is 0 Å². The second-order valence-corrected chi connectivity index (χ2v) is 7.37. The Labute approximate surface area is 133 Å². The second kappa shape index (κ2) is 5.69. The predicted octanol–water partition coefficient (Wildman–Crippen LogP) is 3.20. The SMILES string of the molecule is CC(=O)c1ccc(N2CCN([C@H]3C[C@@H]4CC[C@@H]3C4)CC2)cc1. The van der Waals surface area contributed by atoms with Crippen LogP contribution in [-0.4, -0.2) is 42.9 Å². The van der Waals surface area contributed by atoms with Crippen LogP contribution in [0.1, 0.15) is 43.0 Å². The Morgan fingerprint density at radius 3 is 2.27 bits per heavy atom. The molecule has 1 saturated heterocycles. The zero-order chi connectivity index (χ0) is 15.1. The number of rotatable bonds is 3. The normalized spacial score (nSPS) is 31.7. The van der Waals surface area contributed by atoms with Crippen molar-refractivity contribution in [1.82, 2.24) is 4.90 Å². The van der Waals surface area contributed by atoms with Crippen LogP contribution < -0.4 is 4.90 Å². The minimum Gasteiger partial charge on any atom is -0.369 e. The topological polar surface area (TPSA) is 23.6 Å². The van der Waals surface area contributed by atoms with Gasteiger partial charge in [0.25, 0.3) is 0 Å². The molecule has 2 saturated carbocycles. The molecule has 3 atom stereocenters. The third-order valence-corrected chi connectivity index (χ3v) is 6.12. The average molecular weight is 298 g/mol. The molecule has 1 aromatic rings. The van der Waals surface area contributed by atoms with E-state index in [4.69, 9.17) is 0 Å². The summed E-state index contributed by atoms with van der Waals surface area (Å²) in [6.45, 7) is 6.26. The molecule has 4 rings (SSSR count). The number of anilines is 1. The first-order chi connectivity index (χ1) is 10.7. The number of hydrogen-bond donors (Lipinski definition) is 0. The average Bonchev–Trinajstić information content (AvgIpc) is 3.18. The van der Waals surface area contributed by atoms with E-state index in [9.17, 15) is 4.79 Å². The zero-order valence-corrected chi connectivity index (χ0v) is 13.5. The van der Waals surface area contributed by atoms with E-state index in [1.807, 2.05) is 12.1 Å². The number of carbonyl (C=O) groups is 1. The zero-order valence-electron chi connectivity index (χ0n) is 13.5. The molecule has 3 nitrogen and oxygen atoms in total. The molecule has 1 aliphatic heterocycles. The minimum atomic E-state index is 0.146. The van der Waals surface area contributed by atoms with Crippen molar-refractivity contribution in [2.45, 2.75) is 38.6 Å². The smallest absolute Gasteiger partial charge is 0.159 e. The van der Waals surface area contributed by atoms with Gasteiger partial charge in [0.2, 0.25) is 0 Å². The molecule has 3 heteroatoms.